The molecular weight excluding hydrogens is 354 g/mol. The molecule has 2 aliphatic heterocycles. The lowest BCUT2D eigenvalue weighted by molar-refractivity contribution is 0.171. The van der Waals surface area contributed by atoms with Crippen molar-refractivity contribution >= 4 is 20.8 Å². The molecule has 7 heteroatoms. The predicted octanol–water partition coefficient (Wildman–Crippen LogP) is 2.68. The number of nitrogens with one attached hydrogen (secondary N) is 1. The maximum Gasteiger partial charge on any atom is 0.206 e. The maximum atomic E-state index is 13.1. The molecule has 6 nitrogen and oxygen atoms in total. The smallest absolute Gasteiger partial charge is 0.206 e. The summed E-state index contributed by atoms with van der Waals surface area (Å²) in [6.07, 6.45) is 0.886. The average molecular weight is 371 g/mol. The third-order valence-corrected chi connectivity index (χ3v) is 6.57. The predicted molar refractivity (Wildman–Crippen MR) is 94.5 cm³/mol. The van der Waals surface area contributed by atoms with E-state index >= 15 is 0 Å². The van der Waals surface area contributed by atoms with E-state index in [0.29, 0.717) is 36.8 Å². The van der Waals surface area contributed by atoms with Crippen LogP contribution in [0.15, 0.2) is 50.6 Å². The fourth-order valence-electron chi connectivity index (χ4n) is 3.51. The van der Waals surface area contributed by atoms with Gasteiger partial charge in [-0.2, -0.15) is 0 Å². The molecule has 0 atom stereocenters. The van der Waals surface area contributed by atoms with Gasteiger partial charge in [0.25, 0.3) is 0 Å². The van der Waals surface area contributed by atoms with E-state index in [4.69, 9.17) is 13.9 Å². The van der Waals surface area contributed by atoms with Crippen LogP contribution < -0.4 is 14.8 Å². The van der Waals surface area contributed by atoms with Crippen LogP contribution in [-0.4, -0.2) is 28.2 Å². The summed E-state index contributed by atoms with van der Waals surface area (Å²) < 4.78 is 43.0. The van der Waals surface area contributed by atoms with Crippen LogP contribution in [0.25, 0.3) is 11.0 Å². The Morgan fingerprint density at radius 3 is 2.58 bits per heavy atom. The fourth-order valence-corrected chi connectivity index (χ4v) is 4.80. The molecule has 1 aromatic heterocycles. The summed E-state index contributed by atoms with van der Waals surface area (Å²) in [5, 5.41) is 4.25. The molecule has 26 heavy (non-hydrogen) atoms. The molecule has 5 rings (SSSR count). The monoisotopic (exact) mass is 371 g/mol. The Morgan fingerprint density at radius 2 is 1.69 bits per heavy atom. The van der Waals surface area contributed by atoms with E-state index in [-0.39, 0.29) is 9.79 Å². The Kier molecular flexibility index (Phi) is 3.48. The lowest BCUT2D eigenvalue weighted by Gasteiger charge is -2.18. The number of hydrogen-bond donors (Lipinski definition) is 1. The first-order valence-corrected chi connectivity index (χ1v) is 10.0. The SMILES string of the molecule is O=S(=O)(c1ccc2c(c1)OCCO2)c1ccc2c3c(oc2c1)CNCC3. The summed E-state index contributed by atoms with van der Waals surface area (Å²) in [6.45, 7) is 2.45. The molecule has 134 valence electrons. The topological polar surface area (TPSA) is 77.8 Å². The zero-order valence-electron chi connectivity index (χ0n) is 13.9. The maximum absolute atomic E-state index is 13.1. The van der Waals surface area contributed by atoms with E-state index in [0.717, 1.165) is 24.1 Å². The summed E-state index contributed by atoms with van der Waals surface area (Å²) >= 11 is 0. The van der Waals surface area contributed by atoms with Gasteiger partial charge in [0.2, 0.25) is 9.84 Å². The zero-order chi connectivity index (χ0) is 17.7. The molecule has 0 fully saturated rings. The van der Waals surface area contributed by atoms with Gasteiger partial charge in [0.1, 0.15) is 24.6 Å². The Labute approximate surface area is 150 Å². The molecule has 0 amide bonds. The van der Waals surface area contributed by atoms with E-state index < -0.39 is 9.84 Å². The molecule has 0 spiro atoms. The third kappa shape index (κ3) is 2.39. The summed E-state index contributed by atoms with van der Waals surface area (Å²) in [4.78, 5) is 0.389. The number of hydrogen-bond acceptors (Lipinski definition) is 6. The minimum absolute atomic E-state index is 0.180. The summed E-state index contributed by atoms with van der Waals surface area (Å²) in [5.74, 6) is 1.91. The first-order chi connectivity index (χ1) is 12.6. The minimum atomic E-state index is -3.68. The van der Waals surface area contributed by atoms with Crippen molar-refractivity contribution in [2.45, 2.75) is 22.8 Å². The van der Waals surface area contributed by atoms with Crippen molar-refractivity contribution in [3.8, 4) is 11.5 Å². The van der Waals surface area contributed by atoms with Gasteiger partial charge in [0.05, 0.1) is 16.3 Å². The molecule has 0 unspecified atom stereocenters. The van der Waals surface area contributed by atoms with Crippen molar-refractivity contribution in [3.63, 3.8) is 0 Å². The molecule has 3 heterocycles. The summed E-state index contributed by atoms with van der Waals surface area (Å²) in [6, 6.07) is 9.80. The second-order valence-electron chi connectivity index (χ2n) is 6.40. The highest BCUT2D eigenvalue weighted by molar-refractivity contribution is 7.91. The Balaban J connectivity index is 1.59. The number of rotatable bonds is 2. The standard InChI is InChI=1S/C19H17NO5S/c21-26(22,13-2-4-16-18(10-13)24-8-7-23-16)12-1-3-14-15-5-6-20-11-19(15)25-17(14)9-12/h1-4,9-10,20H,5-8,11H2. The highest BCUT2D eigenvalue weighted by Gasteiger charge is 2.24. The van der Waals surface area contributed by atoms with Gasteiger partial charge in [-0.3, -0.25) is 0 Å². The highest BCUT2D eigenvalue weighted by atomic mass is 32.2. The van der Waals surface area contributed by atoms with Crippen molar-refractivity contribution in [1.82, 2.24) is 5.32 Å². The quantitative estimate of drug-likeness (QED) is 0.746. The van der Waals surface area contributed by atoms with Crippen molar-refractivity contribution in [2.24, 2.45) is 0 Å². The largest absolute Gasteiger partial charge is 0.486 e. The van der Waals surface area contributed by atoms with Gasteiger partial charge in [-0.1, -0.05) is 0 Å². The first kappa shape index (κ1) is 15.7. The van der Waals surface area contributed by atoms with Crippen LogP contribution in [0.2, 0.25) is 0 Å². The zero-order valence-corrected chi connectivity index (χ0v) is 14.8. The molecule has 3 aromatic rings. The molecule has 0 saturated heterocycles. The van der Waals surface area contributed by atoms with Crippen molar-refractivity contribution in [2.75, 3.05) is 19.8 Å². The molecule has 0 saturated carbocycles. The fraction of sp³-hybridized carbons (Fsp3) is 0.263. The second kappa shape index (κ2) is 5.75. The minimum Gasteiger partial charge on any atom is -0.486 e. The van der Waals surface area contributed by atoms with Crippen LogP contribution >= 0.6 is 0 Å². The molecule has 0 aliphatic carbocycles. The van der Waals surface area contributed by atoms with Crippen LogP contribution in [0.1, 0.15) is 11.3 Å². The lowest BCUT2D eigenvalue weighted by Crippen LogP contribution is -2.22. The van der Waals surface area contributed by atoms with Crippen LogP contribution in [0.3, 0.4) is 0 Å². The van der Waals surface area contributed by atoms with E-state index in [1.54, 1.807) is 24.3 Å². The number of ether oxygens (including phenoxy) is 2. The van der Waals surface area contributed by atoms with Crippen molar-refractivity contribution in [3.05, 3.63) is 47.7 Å². The molecule has 2 aliphatic rings. The third-order valence-electron chi connectivity index (χ3n) is 4.82. The van der Waals surface area contributed by atoms with Gasteiger partial charge >= 0.3 is 0 Å². The molecule has 0 bridgehead atoms. The van der Waals surface area contributed by atoms with Gasteiger partial charge in [-0.05, 0) is 37.2 Å². The molecule has 1 N–H and O–H groups in total. The lowest BCUT2D eigenvalue weighted by atomic mass is 10.1. The van der Waals surface area contributed by atoms with E-state index in [9.17, 15) is 8.42 Å². The second-order valence-corrected chi connectivity index (χ2v) is 8.35. The Hall–Kier alpha value is -2.51. The van der Waals surface area contributed by atoms with E-state index in [1.165, 1.54) is 11.6 Å². The Morgan fingerprint density at radius 1 is 0.923 bits per heavy atom. The Bertz CT molecular complexity index is 1120. The summed E-state index contributed by atoms with van der Waals surface area (Å²) in [5.41, 5.74) is 1.78. The van der Waals surface area contributed by atoms with Gasteiger partial charge in [0, 0.05) is 23.1 Å². The number of furan rings is 1. The van der Waals surface area contributed by atoms with Crippen LogP contribution in [0.4, 0.5) is 0 Å². The molecule has 2 aromatic carbocycles. The van der Waals surface area contributed by atoms with Crippen LogP contribution in [-0.2, 0) is 22.8 Å². The van der Waals surface area contributed by atoms with Crippen molar-refractivity contribution < 1.29 is 22.3 Å². The van der Waals surface area contributed by atoms with Crippen molar-refractivity contribution in [1.29, 1.82) is 0 Å². The highest BCUT2D eigenvalue weighted by Crippen LogP contribution is 2.36. The molecule has 0 radical (unpaired) electrons. The number of benzene rings is 2. The number of fused-ring (bicyclic) bond motifs is 4. The van der Waals surface area contributed by atoms with Gasteiger partial charge in [-0.15, -0.1) is 0 Å². The van der Waals surface area contributed by atoms with E-state index in [1.807, 2.05) is 6.07 Å². The van der Waals surface area contributed by atoms with Gasteiger partial charge in [0.15, 0.2) is 11.5 Å². The van der Waals surface area contributed by atoms with Crippen LogP contribution in [0.5, 0.6) is 11.5 Å². The normalized spacial score (nSPS) is 16.5. The summed E-state index contributed by atoms with van der Waals surface area (Å²) in [7, 11) is -3.68. The van der Waals surface area contributed by atoms with Gasteiger partial charge < -0.3 is 19.2 Å². The van der Waals surface area contributed by atoms with Gasteiger partial charge in [-0.25, -0.2) is 8.42 Å². The average Bonchev–Trinajstić information content (AvgIpc) is 3.05. The molecular formula is C19H17NO5S. The number of sulfone groups is 1. The van der Waals surface area contributed by atoms with Crippen LogP contribution in [0, 0.1) is 0 Å². The first-order valence-electron chi connectivity index (χ1n) is 8.53. The van der Waals surface area contributed by atoms with E-state index in [2.05, 4.69) is 5.32 Å².